The lowest BCUT2D eigenvalue weighted by molar-refractivity contribution is -0.134. The highest BCUT2D eigenvalue weighted by molar-refractivity contribution is 5.94. The van der Waals surface area contributed by atoms with E-state index in [2.05, 4.69) is 15.2 Å². The average Bonchev–Trinajstić information content (AvgIpc) is 3.03. The first-order chi connectivity index (χ1) is 13.0. The number of carbonyl (C=O) groups is 2. The Morgan fingerprint density at radius 1 is 1.41 bits per heavy atom. The van der Waals surface area contributed by atoms with Crippen LogP contribution in [0.5, 0.6) is 0 Å². The highest BCUT2D eigenvalue weighted by Crippen LogP contribution is 2.27. The van der Waals surface area contributed by atoms with Gasteiger partial charge < -0.3 is 19.7 Å². The maximum atomic E-state index is 12.1. The third-order valence-corrected chi connectivity index (χ3v) is 5.04. The van der Waals surface area contributed by atoms with Gasteiger partial charge in [0.1, 0.15) is 11.4 Å². The molecule has 0 aliphatic carbocycles. The molecule has 0 spiro atoms. The van der Waals surface area contributed by atoms with Gasteiger partial charge in [-0.2, -0.15) is 0 Å². The van der Waals surface area contributed by atoms with E-state index in [1.165, 1.54) is 0 Å². The van der Waals surface area contributed by atoms with E-state index in [0.717, 1.165) is 19.5 Å². The van der Waals surface area contributed by atoms with Gasteiger partial charge in [-0.05, 0) is 25.5 Å². The van der Waals surface area contributed by atoms with Crippen LogP contribution in [-0.2, 0) is 14.3 Å². The number of ether oxygens (including phenoxy) is 2. The predicted octanol–water partition coefficient (Wildman–Crippen LogP) is 0.990. The van der Waals surface area contributed by atoms with Crippen molar-refractivity contribution in [1.29, 1.82) is 0 Å². The summed E-state index contributed by atoms with van der Waals surface area (Å²) in [6.45, 7) is 4.32. The van der Waals surface area contributed by atoms with Crippen molar-refractivity contribution in [3.63, 3.8) is 0 Å². The third kappa shape index (κ3) is 4.75. The summed E-state index contributed by atoms with van der Waals surface area (Å²) < 4.78 is 11.0. The fourth-order valence-corrected chi connectivity index (χ4v) is 3.64. The van der Waals surface area contributed by atoms with E-state index in [4.69, 9.17) is 9.47 Å². The first-order valence-electron chi connectivity index (χ1n) is 9.42. The molecule has 1 aromatic rings. The number of nitrogens with zero attached hydrogens (tertiary/aromatic N) is 3. The molecule has 2 saturated heterocycles. The van der Waals surface area contributed by atoms with E-state index in [-0.39, 0.29) is 24.0 Å². The van der Waals surface area contributed by atoms with Crippen molar-refractivity contribution in [2.75, 3.05) is 45.7 Å². The first-order valence-corrected chi connectivity index (χ1v) is 9.42. The molecular formula is C19H28N4O4. The summed E-state index contributed by atoms with van der Waals surface area (Å²) in [6.07, 6.45) is 2.91. The van der Waals surface area contributed by atoms with Gasteiger partial charge in [0.2, 0.25) is 5.91 Å². The second-order valence-corrected chi connectivity index (χ2v) is 7.25. The average molecular weight is 376 g/mol. The van der Waals surface area contributed by atoms with E-state index in [9.17, 15) is 9.59 Å². The normalized spacial score (nSPS) is 24.9. The van der Waals surface area contributed by atoms with Crippen LogP contribution in [0.25, 0.3) is 0 Å². The fraction of sp³-hybridized carbons (Fsp3) is 0.632. The minimum Gasteiger partial charge on any atom is -0.462 e. The number of pyridine rings is 1. The van der Waals surface area contributed by atoms with Crippen molar-refractivity contribution >= 4 is 17.7 Å². The summed E-state index contributed by atoms with van der Waals surface area (Å²) in [7, 11) is 3.52. The minimum atomic E-state index is -0.366. The summed E-state index contributed by atoms with van der Waals surface area (Å²) in [5.74, 6) is 0.273. The van der Waals surface area contributed by atoms with Gasteiger partial charge in [0, 0.05) is 45.5 Å². The molecule has 2 aliphatic heterocycles. The lowest BCUT2D eigenvalue weighted by atomic mass is 10.1. The summed E-state index contributed by atoms with van der Waals surface area (Å²) in [6, 6.07) is 3.95. The molecule has 3 heterocycles. The maximum Gasteiger partial charge on any atom is 0.341 e. The summed E-state index contributed by atoms with van der Waals surface area (Å²) in [5, 5.41) is 3.39. The quantitative estimate of drug-likeness (QED) is 0.741. The number of morpholine rings is 1. The van der Waals surface area contributed by atoms with Crippen molar-refractivity contribution in [2.45, 2.75) is 38.0 Å². The van der Waals surface area contributed by atoms with Gasteiger partial charge in [0.25, 0.3) is 0 Å². The molecule has 2 aliphatic rings. The molecule has 0 radical (unpaired) electrons. The molecule has 0 unspecified atom stereocenters. The molecule has 1 aromatic heterocycles. The molecule has 0 bridgehead atoms. The van der Waals surface area contributed by atoms with Crippen LogP contribution in [0, 0.1) is 0 Å². The number of hydrogen-bond donors (Lipinski definition) is 1. The minimum absolute atomic E-state index is 0.0696. The van der Waals surface area contributed by atoms with Crippen molar-refractivity contribution in [3.05, 3.63) is 23.9 Å². The number of rotatable bonds is 6. The zero-order valence-electron chi connectivity index (χ0n) is 16.2. The number of anilines is 1. The van der Waals surface area contributed by atoms with E-state index in [1.54, 1.807) is 44.2 Å². The number of carbonyl (C=O) groups excluding carboxylic acids is 2. The highest BCUT2D eigenvalue weighted by Gasteiger charge is 2.38. The SMILES string of the molecule is CCOC(=O)c1cccnc1N[C@H]1C[C@H]2CO[C@@H](CC(=O)N(C)C)CN2C1. The van der Waals surface area contributed by atoms with Gasteiger partial charge in [0.05, 0.1) is 25.7 Å². The smallest absolute Gasteiger partial charge is 0.341 e. The van der Waals surface area contributed by atoms with Crippen molar-refractivity contribution in [2.24, 2.45) is 0 Å². The fourth-order valence-electron chi connectivity index (χ4n) is 3.64. The van der Waals surface area contributed by atoms with Gasteiger partial charge in [-0.1, -0.05) is 0 Å². The monoisotopic (exact) mass is 376 g/mol. The molecular weight excluding hydrogens is 348 g/mol. The van der Waals surface area contributed by atoms with E-state index < -0.39 is 0 Å². The molecule has 148 valence electrons. The molecule has 0 saturated carbocycles. The van der Waals surface area contributed by atoms with Crippen LogP contribution in [0.15, 0.2) is 18.3 Å². The number of aromatic nitrogens is 1. The number of nitrogens with one attached hydrogen (secondary N) is 1. The maximum absolute atomic E-state index is 12.1. The molecule has 2 fully saturated rings. The molecule has 1 N–H and O–H groups in total. The largest absolute Gasteiger partial charge is 0.462 e. The van der Waals surface area contributed by atoms with Crippen LogP contribution in [0.4, 0.5) is 5.82 Å². The van der Waals surface area contributed by atoms with Gasteiger partial charge >= 0.3 is 5.97 Å². The number of hydrogen-bond acceptors (Lipinski definition) is 7. The topological polar surface area (TPSA) is 84.0 Å². The molecule has 8 nitrogen and oxygen atoms in total. The molecule has 3 atom stereocenters. The van der Waals surface area contributed by atoms with Crippen molar-refractivity contribution in [1.82, 2.24) is 14.8 Å². The van der Waals surface area contributed by atoms with Crippen LogP contribution in [0.2, 0.25) is 0 Å². The highest BCUT2D eigenvalue weighted by atomic mass is 16.5. The molecule has 1 amide bonds. The van der Waals surface area contributed by atoms with Crippen LogP contribution >= 0.6 is 0 Å². The van der Waals surface area contributed by atoms with Crippen LogP contribution in [0.1, 0.15) is 30.1 Å². The zero-order chi connectivity index (χ0) is 19.4. The van der Waals surface area contributed by atoms with E-state index >= 15 is 0 Å². The van der Waals surface area contributed by atoms with Gasteiger partial charge in [-0.3, -0.25) is 9.69 Å². The molecule has 27 heavy (non-hydrogen) atoms. The Hall–Kier alpha value is -2.19. The summed E-state index contributed by atoms with van der Waals surface area (Å²) in [5.41, 5.74) is 0.454. The number of esters is 1. The second-order valence-electron chi connectivity index (χ2n) is 7.25. The lowest BCUT2D eigenvalue weighted by Crippen LogP contribution is -2.47. The van der Waals surface area contributed by atoms with E-state index in [0.29, 0.717) is 37.1 Å². The second kappa shape index (κ2) is 8.67. The van der Waals surface area contributed by atoms with E-state index in [1.807, 2.05) is 0 Å². The predicted molar refractivity (Wildman–Crippen MR) is 101 cm³/mol. The van der Waals surface area contributed by atoms with Gasteiger partial charge in [-0.25, -0.2) is 9.78 Å². The Balaban J connectivity index is 1.59. The van der Waals surface area contributed by atoms with Crippen molar-refractivity contribution < 1.29 is 19.1 Å². The van der Waals surface area contributed by atoms with Crippen LogP contribution in [-0.4, -0.2) is 85.2 Å². The Morgan fingerprint density at radius 3 is 2.96 bits per heavy atom. The zero-order valence-corrected chi connectivity index (χ0v) is 16.2. The Morgan fingerprint density at radius 2 is 2.22 bits per heavy atom. The Kier molecular flexibility index (Phi) is 6.28. The Bertz CT molecular complexity index is 681. The van der Waals surface area contributed by atoms with Crippen LogP contribution in [0.3, 0.4) is 0 Å². The third-order valence-electron chi connectivity index (χ3n) is 5.04. The van der Waals surface area contributed by atoms with Crippen molar-refractivity contribution in [3.8, 4) is 0 Å². The number of fused-ring (bicyclic) bond motifs is 1. The Labute approximate surface area is 159 Å². The first kappa shape index (κ1) is 19.6. The lowest BCUT2D eigenvalue weighted by Gasteiger charge is -2.35. The molecule has 8 heteroatoms. The molecule has 0 aromatic carbocycles. The van der Waals surface area contributed by atoms with Crippen LogP contribution < -0.4 is 5.32 Å². The standard InChI is InChI=1S/C19H28N4O4/c1-4-26-19(25)16-6-5-7-20-18(16)21-13-8-14-12-27-15(11-23(14)10-13)9-17(24)22(2)3/h5-7,13-15H,4,8-12H2,1-3H3,(H,20,21)/t13-,14-,15-/m0/s1. The summed E-state index contributed by atoms with van der Waals surface area (Å²) >= 11 is 0. The van der Waals surface area contributed by atoms with Gasteiger partial charge in [0.15, 0.2) is 0 Å². The molecule has 3 rings (SSSR count). The summed E-state index contributed by atoms with van der Waals surface area (Å²) in [4.78, 5) is 32.3. The number of amides is 1. The van der Waals surface area contributed by atoms with Gasteiger partial charge in [-0.15, -0.1) is 0 Å².